The number of aliphatic hydroxyl groups excluding tert-OH is 1. The van der Waals surface area contributed by atoms with Crippen LogP contribution >= 0.6 is 0 Å². The molecule has 0 saturated heterocycles. The topological polar surface area (TPSA) is 102 Å². The van der Waals surface area contributed by atoms with Crippen molar-refractivity contribution >= 4 is 11.6 Å². The van der Waals surface area contributed by atoms with Gasteiger partial charge in [0, 0.05) is 36.4 Å². The molecule has 5 aromatic rings. The van der Waals surface area contributed by atoms with Gasteiger partial charge < -0.3 is 34.1 Å². The summed E-state index contributed by atoms with van der Waals surface area (Å²) in [4.78, 5) is 18.6. The molecule has 0 fully saturated rings. The number of amides is 1. The van der Waals surface area contributed by atoms with E-state index in [1.165, 1.54) is 11.1 Å². The number of nitrogens with one attached hydrogen (secondary N) is 1. The summed E-state index contributed by atoms with van der Waals surface area (Å²) in [7, 11) is 9.28. The molecule has 5 aromatic carbocycles. The van der Waals surface area contributed by atoms with E-state index in [-0.39, 0.29) is 24.6 Å². The fourth-order valence-electron chi connectivity index (χ4n) is 8.21. The number of aliphatic hydroxyl groups is 1. The monoisotopic (exact) mass is 741 g/mol. The molecule has 0 aliphatic carbocycles. The Labute approximate surface area is 322 Å². The Morgan fingerprint density at radius 1 is 0.745 bits per heavy atom. The third-order valence-corrected chi connectivity index (χ3v) is 11.3. The van der Waals surface area contributed by atoms with Gasteiger partial charge in [0.05, 0.1) is 33.5 Å². The molecule has 1 amide bonds. The number of anilines is 1. The first-order chi connectivity index (χ1) is 26.8. The van der Waals surface area contributed by atoms with Gasteiger partial charge >= 0.3 is 0 Å². The maximum absolute atomic E-state index is 13.8. The van der Waals surface area contributed by atoms with Crippen LogP contribution in [-0.2, 0) is 32.3 Å². The molecule has 55 heavy (non-hydrogen) atoms. The number of benzene rings is 5. The molecule has 9 rings (SSSR count). The summed E-state index contributed by atoms with van der Waals surface area (Å²) in [6.45, 7) is 1.68. The average Bonchev–Trinajstić information content (AvgIpc) is 3.20. The summed E-state index contributed by atoms with van der Waals surface area (Å²) in [6.07, 6.45) is 3.08. The Bertz CT molecular complexity index is 2220. The average molecular weight is 742 g/mol. The third kappa shape index (κ3) is 7.09. The van der Waals surface area contributed by atoms with Crippen LogP contribution < -0.4 is 29.0 Å². The van der Waals surface area contributed by atoms with E-state index in [1.807, 2.05) is 30.3 Å². The standard InChI is InChI=1S/C45H47N3O7/c1-47-18-16-30-23-39(51-3)40-25-35(30)36(47)20-27-8-13-33(14-9-27)54-38-22-29(10-15-34(38)45(50)46-32-11-6-28(26-49)7-12-32)21-37-42-31(17-19-48(37)2)24-41(52-4)43(53-5)44(42)55-40/h6-15,22-25,36-37,49H,16-21,26H2,1-5H3,(H,46,50)/t36-,37+/m0/s1. The van der Waals surface area contributed by atoms with Crippen molar-refractivity contribution in [2.24, 2.45) is 0 Å². The fourth-order valence-corrected chi connectivity index (χ4v) is 8.21. The lowest BCUT2D eigenvalue weighted by Gasteiger charge is -2.37. The van der Waals surface area contributed by atoms with E-state index in [0.29, 0.717) is 57.9 Å². The van der Waals surface area contributed by atoms with Gasteiger partial charge in [-0.05, 0) is 128 Å². The fraction of sp³-hybridized carbons (Fsp3) is 0.311. The van der Waals surface area contributed by atoms with Crippen molar-refractivity contribution in [2.45, 2.75) is 44.4 Å². The number of likely N-dealkylation sites (N-methyl/N-ethyl adjacent to an activating group) is 2. The second-order valence-corrected chi connectivity index (χ2v) is 14.6. The van der Waals surface area contributed by atoms with Gasteiger partial charge in [-0.25, -0.2) is 0 Å². The lowest BCUT2D eigenvalue weighted by atomic mass is 9.87. The van der Waals surface area contributed by atoms with Gasteiger partial charge in [0.25, 0.3) is 5.91 Å². The highest BCUT2D eigenvalue weighted by Gasteiger charge is 2.35. The minimum absolute atomic E-state index is 0.0690. The van der Waals surface area contributed by atoms with Gasteiger partial charge in [-0.3, -0.25) is 14.6 Å². The molecule has 10 heteroatoms. The SMILES string of the molecule is COc1cc2c3cc1Oc1c(OC)c(OC)cc4c1[C@@H](Cc1ccc(C(=O)Nc5ccc(CO)cc5)c(c1)Oc1ccc(cc1)C[C@@H]3N(C)CC2)N(C)CC4. The van der Waals surface area contributed by atoms with Gasteiger partial charge in [0.1, 0.15) is 11.5 Å². The minimum Gasteiger partial charge on any atom is -0.493 e. The number of nitrogens with zero attached hydrogens (tertiary/aromatic N) is 2. The Kier molecular flexibility index (Phi) is 10.1. The van der Waals surface area contributed by atoms with Crippen LogP contribution in [0.5, 0.6) is 40.2 Å². The number of carbonyl (C=O) groups is 1. The van der Waals surface area contributed by atoms with Gasteiger partial charge in [-0.15, -0.1) is 0 Å². The zero-order valence-electron chi connectivity index (χ0n) is 32.0. The quantitative estimate of drug-likeness (QED) is 0.180. The molecule has 0 aromatic heterocycles. The molecular formula is C45H47N3O7. The second kappa shape index (κ2) is 15.3. The van der Waals surface area contributed by atoms with Crippen LogP contribution in [0.2, 0.25) is 0 Å². The molecular weight excluding hydrogens is 695 g/mol. The largest absolute Gasteiger partial charge is 0.493 e. The summed E-state index contributed by atoms with van der Waals surface area (Å²) in [5.74, 6) is 3.81. The molecule has 10 nitrogen and oxygen atoms in total. The van der Waals surface area contributed by atoms with Crippen LogP contribution in [0, 0.1) is 0 Å². The van der Waals surface area contributed by atoms with Crippen molar-refractivity contribution in [3.63, 3.8) is 0 Å². The van der Waals surface area contributed by atoms with Crippen LogP contribution in [-0.4, -0.2) is 69.3 Å². The molecule has 4 heterocycles. The zero-order valence-corrected chi connectivity index (χ0v) is 32.0. The van der Waals surface area contributed by atoms with Crippen LogP contribution in [0.15, 0.2) is 84.9 Å². The lowest BCUT2D eigenvalue weighted by molar-refractivity contribution is 0.102. The normalized spacial score (nSPS) is 17.9. The summed E-state index contributed by atoms with van der Waals surface area (Å²) in [5, 5.41) is 12.5. The molecule has 4 aliphatic rings. The zero-order chi connectivity index (χ0) is 38.2. The number of hydrogen-bond donors (Lipinski definition) is 2. The predicted octanol–water partition coefficient (Wildman–Crippen LogP) is 7.90. The summed E-state index contributed by atoms with van der Waals surface area (Å²) < 4.78 is 31.6. The maximum atomic E-state index is 13.8. The second-order valence-electron chi connectivity index (χ2n) is 14.6. The molecule has 0 unspecified atom stereocenters. The minimum atomic E-state index is -0.295. The number of carbonyl (C=O) groups excluding carboxylic acids is 1. The highest BCUT2D eigenvalue weighted by molar-refractivity contribution is 6.06. The van der Waals surface area contributed by atoms with Crippen LogP contribution in [0.25, 0.3) is 0 Å². The van der Waals surface area contributed by atoms with Gasteiger partial charge in [0.2, 0.25) is 5.75 Å². The molecule has 284 valence electrons. The molecule has 0 radical (unpaired) electrons. The predicted molar refractivity (Wildman–Crippen MR) is 211 cm³/mol. The molecule has 6 bridgehead atoms. The van der Waals surface area contributed by atoms with Crippen molar-refractivity contribution in [3.8, 4) is 40.2 Å². The number of fused-ring (bicyclic) bond motifs is 2. The lowest BCUT2D eigenvalue weighted by Crippen LogP contribution is -2.34. The van der Waals surface area contributed by atoms with E-state index in [1.54, 1.807) is 45.6 Å². The smallest absolute Gasteiger partial charge is 0.259 e. The van der Waals surface area contributed by atoms with Gasteiger partial charge in [-0.1, -0.05) is 30.3 Å². The Balaban J connectivity index is 1.29. The molecule has 0 spiro atoms. The Hall–Kier alpha value is -5.55. The van der Waals surface area contributed by atoms with E-state index in [0.717, 1.165) is 60.2 Å². The van der Waals surface area contributed by atoms with Crippen LogP contribution in [0.3, 0.4) is 0 Å². The van der Waals surface area contributed by atoms with E-state index >= 15 is 0 Å². The number of methoxy groups -OCH3 is 3. The first-order valence-corrected chi connectivity index (χ1v) is 18.7. The van der Waals surface area contributed by atoms with E-state index in [9.17, 15) is 9.90 Å². The maximum Gasteiger partial charge on any atom is 0.259 e. The van der Waals surface area contributed by atoms with E-state index in [2.05, 4.69) is 59.5 Å². The van der Waals surface area contributed by atoms with Crippen molar-refractivity contribution in [1.82, 2.24) is 9.80 Å². The molecule has 2 atom stereocenters. The summed E-state index contributed by atoms with van der Waals surface area (Å²) in [6, 6.07) is 27.4. The van der Waals surface area contributed by atoms with E-state index in [4.69, 9.17) is 23.7 Å². The Morgan fingerprint density at radius 2 is 1.42 bits per heavy atom. The van der Waals surface area contributed by atoms with Gasteiger partial charge in [0.15, 0.2) is 23.0 Å². The number of hydrogen-bond acceptors (Lipinski definition) is 9. The molecule has 0 saturated carbocycles. The van der Waals surface area contributed by atoms with Gasteiger partial charge in [-0.2, -0.15) is 0 Å². The Morgan fingerprint density at radius 3 is 2.13 bits per heavy atom. The van der Waals surface area contributed by atoms with Crippen molar-refractivity contribution in [2.75, 3.05) is 53.8 Å². The summed E-state index contributed by atoms with van der Waals surface area (Å²) >= 11 is 0. The van der Waals surface area contributed by atoms with Crippen molar-refractivity contribution in [3.05, 3.63) is 129 Å². The molecule has 4 aliphatic heterocycles. The summed E-state index contributed by atoms with van der Waals surface area (Å²) in [5.41, 5.74) is 8.52. The van der Waals surface area contributed by atoms with E-state index < -0.39 is 0 Å². The molecule has 2 N–H and O–H groups in total. The van der Waals surface area contributed by atoms with Crippen molar-refractivity contribution in [1.29, 1.82) is 0 Å². The highest BCUT2D eigenvalue weighted by Crippen LogP contribution is 2.52. The number of rotatable bonds is 6. The first-order valence-electron chi connectivity index (χ1n) is 18.7. The highest BCUT2D eigenvalue weighted by atomic mass is 16.5. The third-order valence-electron chi connectivity index (χ3n) is 11.3. The van der Waals surface area contributed by atoms with Crippen LogP contribution in [0.1, 0.15) is 61.4 Å². The van der Waals surface area contributed by atoms with Crippen LogP contribution in [0.4, 0.5) is 5.69 Å². The van der Waals surface area contributed by atoms with Crippen molar-refractivity contribution < 1.29 is 33.6 Å². The first kappa shape index (κ1) is 36.4. The number of ether oxygens (including phenoxy) is 5.